The van der Waals surface area contributed by atoms with Crippen LogP contribution in [0.1, 0.15) is 18.7 Å². The highest BCUT2D eigenvalue weighted by Crippen LogP contribution is 2.21. The Bertz CT molecular complexity index is 350. The number of hydrogen-bond donors (Lipinski definition) is 1. The van der Waals surface area contributed by atoms with Crippen molar-refractivity contribution in [3.8, 4) is 0 Å². The first-order chi connectivity index (χ1) is 7.67. The molecule has 0 aromatic carbocycles. The van der Waals surface area contributed by atoms with Crippen molar-refractivity contribution in [2.75, 3.05) is 19.6 Å². The van der Waals surface area contributed by atoms with Gasteiger partial charge in [-0.15, -0.1) is 35.3 Å². The van der Waals surface area contributed by atoms with Crippen molar-refractivity contribution in [2.45, 2.75) is 20.3 Å². The van der Waals surface area contributed by atoms with Gasteiger partial charge >= 0.3 is 0 Å². The Balaban J connectivity index is 0.00000256. The molecule has 6 heteroatoms. The zero-order chi connectivity index (χ0) is 12.0. The zero-order valence-electron chi connectivity index (χ0n) is 10.1. The molecule has 0 atom stereocenters. The third kappa shape index (κ3) is 5.92. The molecular formula is C11H19ClIN3S. The van der Waals surface area contributed by atoms with Crippen LogP contribution < -0.4 is 5.73 Å². The lowest BCUT2D eigenvalue weighted by molar-refractivity contribution is 0.458. The number of thiophene rings is 1. The number of nitrogens with zero attached hydrogens (tertiary/aromatic N) is 2. The van der Waals surface area contributed by atoms with E-state index in [-0.39, 0.29) is 24.0 Å². The van der Waals surface area contributed by atoms with Crippen LogP contribution in [0, 0.1) is 0 Å². The largest absolute Gasteiger partial charge is 0.370 e. The van der Waals surface area contributed by atoms with E-state index in [1.54, 1.807) is 11.3 Å². The Morgan fingerprint density at radius 3 is 2.53 bits per heavy atom. The average molecular weight is 388 g/mol. The highest BCUT2D eigenvalue weighted by atomic mass is 127. The second-order valence-electron chi connectivity index (χ2n) is 3.37. The molecule has 0 radical (unpaired) electrons. The van der Waals surface area contributed by atoms with Crippen molar-refractivity contribution in [3.05, 3.63) is 21.3 Å². The number of rotatable bonds is 5. The predicted octanol–water partition coefficient (Wildman–Crippen LogP) is 3.22. The van der Waals surface area contributed by atoms with E-state index in [4.69, 9.17) is 17.3 Å². The summed E-state index contributed by atoms with van der Waals surface area (Å²) in [7, 11) is 0. The summed E-state index contributed by atoms with van der Waals surface area (Å²) in [5.74, 6) is 0.632. The summed E-state index contributed by atoms with van der Waals surface area (Å²) in [6.45, 7) is 6.67. The lowest BCUT2D eigenvalue weighted by Gasteiger charge is -2.19. The number of halogens is 2. The highest BCUT2D eigenvalue weighted by Gasteiger charge is 2.02. The van der Waals surface area contributed by atoms with Crippen LogP contribution in [-0.2, 0) is 6.42 Å². The van der Waals surface area contributed by atoms with E-state index in [1.165, 1.54) is 4.88 Å². The zero-order valence-corrected chi connectivity index (χ0v) is 14.1. The quantitative estimate of drug-likeness (QED) is 0.479. The maximum atomic E-state index is 5.86. The Morgan fingerprint density at radius 2 is 2.06 bits per heavy atom. The molecule has 0 amide bonds. The second-order valence-corrected chi connectivity index (χ2v) is 5.17. The molecule has 1 heterocycles. The molecule has 0 saturated heterocycles. The van der Waals surface area contributed by atoms with Gasteiger partial charge in [0.2, 0.25) is 0 Å². The first-order valence-electron chi connectivity index (χ1n) is 5.46. The normalized spacial score (nSPS) is 11.1. The fourth-order valence-electron chi connectivity index (χ4n) is 1.41. The molecule has 17 heavy (non-hydrogen) atoms. The lowest BCUT2D eigenvalue weighted by atomic mass is 10.3. The summed E-state index contributed by atoms with van der Waals surface area (Å²) in [6, 6.07) is 3.95. The van der Waals surface area contributed by atoms with Gasteiger partial charge in [-0.25, -0.2) is 0 Å². The van der Waals surface area contributed by atoms with Gasteiger partial charge in [-0.1, -0.05) is 11.6 Å². The Kier molecular flexibility index (Phi) is 8.99. The summed E-state index contributed by atoms with van der Waals surface area (Å²) in [5.41, 5.74) is 5.86. The van der Waals surface area contributed by atoms with Crippen molar-refractivity contribution in [1.29, 1.82) is 0 Å². The number of nitrogens with two attached hydrogens (primary N) is 1. The van der Waals surface area contributed by atoms with Gasteiger partial charge in [-0.05, 0) is 26.0 Å². The minimum atomic E-state index is 0. The molecule has 0 bridgehead atoms. The van der Waals surface area contributed by atoms with Crippen molar-refractivity contribution in [1.82, 2.24) is 4.90 Å². The number of aliphatic imine (C=N–C) groups is 1. The molecule has 3 nitrogen and oxygen atoms in total. The van der Waals surface area contributed by atoms with Crippen LogP contribution in [0.4, 0.5) is 0 Å². The molecule has 1 aromatic heterocycles. The summed E-state index contributed by atoms with van der Waals surface area (Å²) < 4.78 is 0.829. The Morgan fingerprint density at radius 1 is 1.41 bits per heavy atom. The van der Waals surface area contributed by atoms with Gasteiger partial charge in [-0.3, -0.25) is 4.99 Å². The van der Waals surface area contributed by atoms with Crippen LogP contribution in [0.5, 0.6) is 0 Å². The maximum Gasteiger partial charge on any atom is 0.191 e. The Hall–Kier alpha value is -0.0100. The molecule has 0 spiro atoms. The molecule has 0 aliphatic heterocycles. The summed E-state index contributed by atoms with van der Waals surface area (Å²) in [6.07, 6.45) is 0.902. The first kappa shape index (κ1) is 17.0. The molecule has 0 fully saturated rings. The van der Waals surface area contributed by atoms with Gasteiger partial charge in [0.05, 0.1) is 4.34 Å². The van der Waals surface area contributed by atoms with E-state index < -0.39 is 0 Å². The first-order valence-corrected chi connectivity index (χ1v) is 6.65. The molecule has 0 aliphatic rings. The van der Waals surface area contributed by atoms with Crippen molar-refractivity contribution in [2.24, 2.45) is 10.7 Å². The van der Waals surface area contributed by atoms with E-state index in [2.05, 4.69) is 18.8 Å². The fraction of sp³-hybridized carbons (Fsp3) is 0.545. The van der Waals surface area contributed by atoms with E-state index in [9.17, 15) is 0 Å². The van der Waals surface area contributed by atoms with Crippen LogP contribution in [0.15, 0.2) is 17.1 Å². The third-order valence-corrected chi connectivity index (χ3v) is 3.64. The molecule has 2 N–H and O–H groups in total. The van der Waals surface area contributed by atoms with Crippen LogP contribution in [0.3, 0.4) is 0 Å². The van der Waals surface area contributed by atoms with E-state index in [0.717, 1.165) is 30.4 Å². The van der Waals surface area contributed by atoms with Crippen LogP contribution >= 0.6 is 46.9 Å². The van der Waals surface area contributed by atoms with Crippen LogP contribution in [0.2, 0.25) is 4.34 Å². The lowest BCUT2D eigenvalue weighted by Crippen LogP contribution is -2.37. The molecule has 0 aliphatic carbocycles. The smallest absolute Gasteiger partial charge is 0.191 e. The van der Waals surface area contributed by atoms with E-state index in [0.29, 0.717) is 5.96 Å². The summed E-state index contributed by atoms with van der Waals surface area (Å²) in [5, 5.41) is 0. The standard InChI is InChI=1S/C11H18ClN3S.HI/c1-3-15(4-2)11(13)14-8-7-9-5-6-10(12)16-9;/h5-6H,3-4,7-8H2,1-2H3,(H2,13,14);1H. The maximum absolute atomic E-state index is 5.86. The van der Waals surface area contributed by atoms with Crippen LogP contribution in [-0.4, -0.2) is 30.5 Å². The van der Waals surface area contributed by atoms with Gasteiger partial charge in [-0.2, -0.15) is 0 Å². The van der Waals surface area contributed by atoms with Gasteiger partial charge in [0, 0.05) is 30.9 Å². The van der Waals surface area contributed by atoms with E-state index >= 15 is 0 Å². The van der Waals surface area contributed by atoms with Gasteiger partial charge in [0.1, 0.15) is 0 Å². The summed E-state index contributed by atoms with van der Waals surface area (Å²) in [4.78, 5) is 7.65. The van der Waals surface area contributed by atoms with Crippen molar-refractivity contribution >= 4 is 52.9 Å². The SMILES string of the molecule is CCN(CC)C(N)=NCCc1ccc(Cl)s1.I. The van der Waals surface area contributed by atoms with Gasteiger partial charge in [0.25, 0.3) is 0 Å². The molecule has 0 saturated carbocycles. The molecular weight excluding hydrogens is 369 g/mol. The van der Waals surface area contributed by atoms with Crippen molar-refractivity contribution < 1.29 is 0 Å². The molecule has 1 rings (SSSR count). The van der Waals surface area contributed by atoms with E-state index in [1.807, 2.05) is 17.0 Å². The van der Waals surface area contributed by atoms with Gasteiger partial charge < -0.3 is 10.6 Å². The monoisotopic (exact) mass is 387 g/mol. The molecule has 98 valence electrons. The average Bonchev–Trinajstić information content (AvgIpc) is 2.66. The number of hydrogen-bond acceptors (Lipinski definition) is 2. The van der Waals surface area contributed by atoms with Crippen LogP contribution in [0.25, 0.3) is 0 Å². The predicted molar refractivity (Wildman–Crippen MR) is 87.9 cm³/mol. The Labute approximate surface area is 129 Å². The molecule has 1 aromatic rings. The summed E-state index contributed by atoms with van der Waals surface area (Å²) >= 11 is 7.45. The minimum Gasteiger partial charge on any atom is -0.370 e. The fourth-order valence-corrected chi connectivity index (χ4v) is 2.49. The highest BCUT2D eigenvalue weighted by molar-refractivity contribution is 14.0. The topological polar surface area (TPSA) is 41.6 Å². The third-order valence-electron chi connectivity index (χ3n) is 2.35. The molecule has 0 unspecified atom stereocenters. The minimum absolute atomic E-state index is 0. The second kappa shape index (κ2) is 8.99. The van der Waals surface area contributed by atoms with Gasteiger partial charge in [0.15, 0.2) is 5.96 Å². The van der Waals surface area contributed by atoms with Crippen molar-refractivity contribution in [3.63, 3.8) is 0 Å². The number of guanidine groups is 1.